The molecule has 2 aliphatic rings. The van der Waals surface area contributed by atoms with E-state index in [4.69, 9.17) is 15.2 Å². The van der Waals surface area contributed by atoms with Gasteiger partial charge in [0.1, 0.15) is 0 Å². The van der Waals surface area contributed by atoms with Gasteiger partial charge in [0.2, 0.25) is 0 Å². The van der Waals surface area contributed by atoms with Crippen LogP contribution in [0, 0.1) is 0 Å². The molecule has 2 fully saturated rings. The zero-order valence-corrected chi connectivity index (χ0v) is 9.36. The van der Waals surface area contributed by atoms with E-state index in [2.05, 4.69) is 4.90 Å². The van der Waals surface area contributed by atoms with Gasteiger partial charge in [-0.2, -0.15) is 0 Å². The smallest absolute Gasteiger partial charge is 0.158 e. The van der Waals surface area contributed by atoms with Crippen molar-refractivity contribution in [2.45, 2.75) is 38.0 Å². The summed E-state index contributed by atoms with van der Waals surface area (Å²) in [5.41, 5.74) is 5.93. The van der Waals surface area contributed by atoms with E-state index >= 15 is 0 Å². The van der Waals surface area contributed by atoms with Crippen molar-refractivity contribution in [3.63, 3.8) is 0 Å². The van der Waals surface area contributed by atoms with E-state index < -0.39 is 0 Å². The second-order valence-corrected chi connectivity index (χ2v) is 4.52. The number of nitrogens with two attached hydrogens (primary N) is 1. The van der Waals surface area contributed by atoms with Crippen molar-refractivity contribution in [3.05, 3.63) is 0 Å². The molecule has 1 unspecified atom stereocenters. The molecule has 2 N–H and O–H groups in total. The minimum atomic E-state index is 0.0249. The number of rotatable bonds is 3. The van der Waals surface area contributed by atoms with Crippen LogP contribution in [0.2, 0.25) is 0 Å². The lowest BCUT2D eigenvalue weighted by Crippen LogP contribution is -2.44. The molecule has 4 nitrogen and oxygen atoms in total. The van der Waals surface area contributed by atoms with Crippen molar-refractivity contribution < 1.29 is 9.47 Å². The molecule has 2 aliphatic heterocycles. The molecule has 0 amide bonds. The lowest BCUT2D eigenvalue weighted by molar-refractivity contribution is -0.182. The van der Waals surface area contributed by atoms with Gasteiger partial charge < -0.3 is 20.1 Å². The highest BCUT2D eigenvalue weighted by atomic mass is 16.7. The maximum atomic E-state index is 5.93. The van der Waals surface area contributed by atoms with Crippen LogP contribution in [0.3, 0.4) is 0 Å². The number of hydrogen-bond donors (Lipinski definition) is 1. The molecule has 0 bridgehead atoms. The van der Waals surface area contributed by atoms with Crippen LogP contribution in [0.25, 0.3) is 0 Å². The normalized spacial score (nSPS) is 30.6. The highest BCUT2D eigenvalue weighted by Gasteiger charge is 2.19. The molecule has 0 saturated carbocycles. The molecular weight excluding hydrogens is 192 g/mol. The van der Waals surface area contributed by atoms with Crippen molar-refractivity contribution >= 4 is 0 Å². The van der Waals surface area contributed by atoms with Crippen LogP contribution >= 0.6 is 0 Å². The fourth-order valence-corrected chi connectivity index (χ4v) is 2.29. The average Bonchev–Trinajstić information content (AvgIpc) is 2.28. The molecule has 1 atom stereocenters. The van der Waals surface area contributed by atoms with Crippen LogP contribution in [-0.2, 0) is 9.47 Å². The summed E-state index contributed by atoms with van der Waals surface area (Å²) in [5.74, 6) is 0. The van der Waals surface area contributed by atoms with Gasteiger partial charge in [-0.15, -0.1) is 0 Å². The fraction of sp³-hybridized carbons (Fsp3) is 1.00. The molecular formula is C11H22N2O2. The second kappa shape index (κ2) is 5.80. The van der Waals surface area contributed by atoms with E-state index in [1.165, 1.54) is 19.4 Å². The van der Waals surface area contributed by atoms with Crippen molar-refractivity contribution in [2.24, 2.45) is 5.73 Å². The van der Waals surface area contributed by atoms with Gasteiger partial charge in [-0.05, 0) is 25.8 Å². The molecule has 2 heterocycles. The third-order valence-corrected chi connectivity index (χ3v) is 3.12. The van der Waals surface area contributed by atoms with Crippen LogP contribution in [-0.4, -0.2) is 50.1 Å². The van der Waals surface area contributed by atoms with Crippen molar-refractivity contribution in [2.75, 3.05) is 32.8 Å². The van der Waals surface area contributed by atoms with E-state index in [1.54, 1.807) is 0 Å². The molecule has 2 saturated heterocycles. The molecule has 2 rings (SSSR count). The van der Waals surface area contributed by atoms with E-state index in [1.807, 2.05) is 0 Å². The van der Waals surface area contributed by atoms with Crippen LogP contribution in [0.1, 0.15) is 25.7 Å². The highest BCUT2D eigenvalue weighted by molar-refractivity contribution is 4.75. The maximum Gasteiger partial charge on any atom is 0.158 e. The Kier molecular flexibility index (Phi) is 4.38. The zero-order valence-electron chi connectivity index (χ0n) is 9.36. The number of ether oxygens (including phenoxy) is 2. The number of nitrogens with zero attached hydrogens (tertiary/aromatic N) is 1. The van der Waals surface area contributed by atoms with Crippen LogP contribution in [0.4, 0.5) is 0 Å². The first-order chi connectivity index (χ1) is 7.34. The van der Waals surface area contributed by atoms with Gasteiger partial charge in [-0.25, -0.2) is 0 Å². The van der Waals surface area contributed by atoms with Gasteiger partial charge in [0.05, 0.1) is 13.2 Å². The van der Waals surface area contributed by atoms with Gasteiger partial charge in [-0.1, -0.05) is 0 Å². The molecule has 0 aromatic heterocycles. The van der Waals surface area contributed by atoms with Crippen molar-refractivity contribution in [1.29, 1.82) is 0 Å². The Labute approximate surface area is 91.7 Å². The van der Waals surface area contributed by atoms with Crippen LogP contribution in [0.15, 0.2) is 0 Å². The lowest BCUT2D eigenvalue weighted by atomic mass is 10.1. The first-order valence-corrected chi connectivity index (χ1v) is 6.06. The molecule has 0 aliphatic carbocycles. The van der Waals surface area contributed by atoms with Crippen LogP contribution in [0.5, 0.6) is 0 Å². The first-order valence-electron chi connectivity index (χ1n) is 6.06. The third kappa shape index (κ3) is 3.72. The van der Waals surface area contributed by atoms with Crippen molar-refractivity contribution in [3.8, 4) is 0 Å². The van der Waals surface area contributed by atoms with E-state index in [9.17, 15) is 0 Å². The number of likely N-dealkylation sites (tertiary alicyclic amines) is 1. The van der Waals surface area contributed by atoms with E-state index in [0.717, 1.165) is 39.1 Å². The Morgan fingerprint density at radius 2 is 2.00 bits per heavy atom. The minimum absolute atomic E-state index is 0.0249. The molecule has 88 valence electrons. The maximum absolute atomic E-state index is 5.93. The number of hydrogen-bond acceptors (Lipinski definition) is 4. The summed E-state index contributed by atoms with van der Waals surface area (Å²) >= 11 is 0. The van der Waals surface area contributed by atoms with E-state index in [-0.39, 0.29) is 6.29 Å². The fourth-order valence-electron chi connectivity index (χ4n) is 2.29. The Bertz CT molecular complexity index is 183. The van der Waals surface area contributed by atoms with Crippen LogP contribution < -0.4 is 5.73 Å². The summed E-state index contributed by atoms with van der Waals surface area (Å²) in [5, 5.41) is 0. The molecule has 0 radical (unpaired) electrons. The van der Waals surface area contributed by atoms with Crippen molar-refractivity contribution in [1.82, 2.24) is 4.90 Å². The topological polar surface area (TPSA) is 47.7 Å². The summed E-state index contributed by atoms with van der Waals surface area (Å²) in [6.45, 7) is 4.97. The minimum Gasteiger partial charge on any atom is -0.353 e. The molecule has 15 heavy (non-hydrogen) atoms. The Morgan fingerprint density at radius 1 is 1.20 bits per heavy atom. The van der Waals surface area contributed by atoms with Gasteiger partial charge in [0.15, 0.2) is 6.29 Å². The molecule has 0 aromatic carbocycles. The standard InChI is InChI=1S/C11H22N2O2/c12-10-3-1-5-13(9-10)6-4-11-14-7-2-8-15-11/h10-11H,1-9,12H2. The highest BCUT2D eigenvalue weighted by Crippen LogP contribution is 2.12. The molecule has 0 aromatic rings. The Balaban J connectivity index is 1.63. The predicted octanol–water partition coefficient (Wildman–Crippen LogP) is 0.563. The van der Waals surface area contributed by atoms with Gasteiger partial charge in [-0.3, -0.25) is 0 Å². The second-order valence-electron chi connectivity index (χ2n) is 4.52. The SMILES string of the molecule is NC1CCCN(CCC2OCCCO2)C1. The summed E-state index contributed by atoms with van der Waals surface area (Å²) in [7, 11) is 0. The van der Waals surface area contributed by atoms with E-state index in [0.29, 0.717) is 6.04 Å². The lowest BCUT2D eigenvalue weighted by Gasteiger charge is -2.32. The summed E-state index contributed by atoms with van der Waals surface area (Å²) in [4.78, 5) is 2.43. The number of piperidine rings is 1. The summed E-state index contributed by atoms with van der Waals surface area (Å²) < 4.78 is 11.0. The Hall–Kier alpha value is -0.160. The van der Waals surface area contributed by atoms with Gasteiger partial charge in [0, 0.05) is 25.6 Å². The Morgan fingerprint density at radius 3 is 2.73 bits per heavy atom. The largest absolute Gasteiger partial charge is 0.353 e. The predicted molar refractivity (Wildman–Crippen MR) is 58.6 cm³/mol. The monoisotopic (exact) mass is 214 g/mol. The quantitative estimate of drug-likeness (QED) is 0.746. The summed E-state index contributed by atoms with van der Waals surface area (Å²) in [6.07, 6.45) is 4.44. The summed E-state index contributed by atoms with van der Waals surface area (Å²) in [6, 6.07) is 0.368. The third-order valence-electron chi connectivity index (χ3n) is 3.12. The van der Waals surface area contributed by atoms with Gasteiger partial charge >= 0.3 is 0 Å². The molecule has 0 spiro atoms. The zero-order chi connectivity index (χ0) is 10.5. The first kappa shape index (κ1) is 11.3. The molecule has 4 heteroatoms. The average molecular weight is 214 g/mol. The van der Waals surface area contributed by atoms with Gasteiger partial charge in [0.25, 0.3) is 0 Å².